The third-order valence-electron chi connectivity index (χ3n) is 5.79. The van der Waals surface area contributed by atoms with Crippen LogP contribution in [0.3, 0.4) is 0 Å². The molecule has 4 rings (SSSR count). The van der Waals surface area contributed by atoms with Gasteiger partial charge in [0.25, 0.3) is 5.91 Å². The van der Waals surface area contributed by atoms with Crippen LogP contribution in [0.15, 0.2) is 58.7 Å². The molecule has 6 nitrogen and oxygen atoms in total. The number of aromatic hydroxyl groups is 1. The first-order valence-corrected chi connectivity index (χ1v) is 10.2. The highest BCUT2D eigenvalue weighted by atomic mass is 16.3. The van der Waals surface area contributed by atoms with Crippen LogP contribution in [0.1, 0.15) is 43.9 Å². The molecule has 1 amide bonds. The van der Waals surface area contributed by atoms with E-state index in [0.29, 0.717) is 23.5 Å². The van der Waals surface area contributed by atoms with Gasteiger partial charge in [-0.15, -0.1) is 0 Å². The fourth-order valence-corrected chi connectivity index (χ4v) is 4.52. The van der Waals surface area contributed by atoms with Crippen LogP contribution in [0.4, 0.5) is 5.82 Å². The molecule has 3 atom stereocenters. The number of amides is 1. The fourth-order valence-electron chi connectivity index (χ4n) is 4.52. The molecule has 30 heavy (non-hydrogen) atoms. The number of hydrogen-bond donors (Lipinski definition) is 2. The lowest BCUT2D eigenvalue weighted by Gasteiger charge is -2.37. The van der Waals surface area contributed by atoms with Gasteiger partial charge in [-0.2, -0.15) is 0 Å². The number of pyridine rings is 1. The molecule has 1 aromatic carbocycles. The Morgan fingerprint density at radius 3 is 2.50 bits per heavy atom. The molecule has 2 aliphatic rings. The van der Waals surface area contributed by atoms with Crippen LogP contribution >= 0.6 is 0 Å². The number of benzene rings is 1. The molecule has 1 aliphatic carbocycles. The van der Waals surface area contributed by atoms with Crippen LogP contribution in [-0.2, 0) is 9.59 Å². The van der Waals surface area contributed by atoms with Gasteiger partial charge < -0.3 is 10.4 Å². The van der Waals surface area contributed by atoms with E-state index >= 15 is 0 Å². The average Bonchev–Trinajstić information content (AvgIpc) is 2.67. The Hall–Kier alpha value is -3.28. The molecule has 2 heterocycles. The number of Topliss-reactive ketones (excluding diaryl/α,β-unsaturated/α-hetero) is 1. The molecule has 1 aromatic heterocycles. The maximum absolute atomic E-state index is 13.3. The molecule has 154 valence electrons. The van der Waals surface area contributed by atoms with Crippen molar-refractivity contribution in [2.75, 3.05) is 5.32 Å². The molecule has 0 spiro atoms. The zero-order valence-electron chi connectivity index (χ0n) is 17.3. The van der Waals surface area contributed by atoms with Gasteiger partial charge in [-0.05, 0) is 56.0 Å². The minimum atomic E-state index is -0.458. The van der Waals surface area contributed by atoms with Crippen LogP contribution in [0.2, 0.25) is 0 Å². The highest BCUT2D eigenvalue weighted by molar-refractivity contribution is 6.14. The van der Waals surface area contributed by atoms with Crippen molar-refractivity contribution in [1.82, 2.24) is 4.98 Å². The summed E-state index contributed by atoms with van der Waals surface area (Å²) in [5.41, 5.74) is 3.55. The first-order chi connectivity index (χ1) is 14.3. The van der Waals surface area contributed by atoms with Gasteiger partial charge in [-0.3, -0.25) is 14.6 Å². The number of ketones is 1. The maximum atomic E-state index is 13.3. The lowest BCUT2D eigenvalue weighted by molar-refractivity contribution is -0.123. The molecule has 0 radical (unpaired) electrons. The number of carbonyl (C=O) groups excluding carboxylic acids is 2. The summed E-state index contributed by atoms with van der Waals surface area (Å²) in [7, 11) is 0. The van der Waals surface area contributed by atoms with Gasteiger partial charge in [0, 0.05) is 35.0 Å². The van der Waals surface area contributed by atoms with Crippen LogP contribution in [-0.4, -0.2) is 27.5 Å². The van der Waals surface area contributed by atoms with Gasteiger partial charge in [0.05, 0.1) is 5.92 Å². The first-order valence-electron chi connectivity index (χ1n) is 10.2. The number of rotatable bonds is 3. The van der Waals surface area contributed by atoms with Gasteiger partial charge in [-0.25, -0.2) is 4.98 Å². The third-order valence-corrected chi connectivity index (χ3v) is 5.79. The van der Waals surface area contributed by atoms with Crippen LogP contribution in [0.25, 0.3) is 0 Å². The number of aryl methyl sites for hydroxylation is 1. The number of nitrogens with one attached hydrogen (secondary N) is 1. The van der Waals surface area contributed by atoms with Crippen LogP contribution in [0.5, 0.6) is 5.75 Å². The maximum Gasteiger partial charge on any atom is 0.255 e. The minimum Gasteiger partial charge on any atom is -0.508 e. The van der Waals surface area contributed by atoms with Crippen molar-refractivity contribution in [2.45, 2.75) is 39.5 Å². The Morgan fingerprint density at radius 2 is 1.80 bits per heavy atom. The quantitative estimate of drug-likeness (QED) is 0.805. The summed E-state index contributed by atoms with van der Waals surface area (Å²) >= 11 is 0. The van der Waals surface area contributed by atoms with Gasteiger partial charge in [0.1, 0.15) is 17.4 Å². The molecule has 2 aromatic rings. The van der Waals surface area contributed by atoms with E-state index in [4.69, 9.17) is 4.99 Å². The third kappa shape index (κ3) is 3.77. The van der Waals surface area contributed by atoms with E-state index in [-0.39, 0.29) is 23.4 Å². The van der Waals surface area contributed by atoms with Gasteiger partial charge >= 0.3 is 0 Å². The Bertz CT molecular complexity index is 1070. The predicted octanol–water partition coefficient (Wildman–Crippen LogP) is 4.16. The van der Waals surface area contributed by atoms with E-state index in [0.717, 1.165) is 23.4 Å². The molecule has 1 saturated carbocycles. The van der Waals surface area contributed by atoms with Crippen molar-refractivity contribution in [2.24, 2.45) is 16.8 Å². The highest BCUT2D eigenvalue weighted by Gasteiger charge is 2.44. The van der Waals surface area contributed by atoms with Gasteiger partial charge in [0.15, 0.2) is 0 Å². The number of carbonyl (C=O) groups is 2. The fraction of sp³-hybridized carbons (Fsp3) is 0.333. The van der Waals surface area contributed by atoms with Gasteiger partial charge in [0.2, 0.25) is 0 Å². The molecule has 1 aliphatic heterocycles. The van der Waals surface area contributed by atoms with E-state index in [1.807, 2.05) is 26.0 Å². The van der Waals surface area contributed by atoms with Crippen molar-refractivity contribution < 1.29 is 14.7 Å². The molecule has 6 heteroatoms. The number of allylic oxidation sites excluding steroid dienone is 1. The topological polar surface area (TPSA) is 91.6 Å². The lowest BCUT2D eigenvalue weighted by atomic mass is 9.67. The number of hydrogen-bond acceptors (Lipinski definition) is 5. The summed E-state index contributed by atoms with van der Waals surface area (Å²) in [6.45, 7) is 5.73. The monoisotopic (exact) mass is 403 g/mol. The van der Waals surface area contributed by atoms with E-state index in [1.54, 1.807) is 30.3 Å². The number of phenolic OH excluding ortho intramolecular Hbond substituents is 1. The largest absolute Gasteiger partial charge is 0.508 e. The van der Waals surface area contributed by atoms with E-state index in [2.05, 4.69) is 17.2 Å². The second-order valence-electron chi connectivity index (χ2n) is 8.25. The van der Waals surface area contributed by atoms with Crippen molar-refractivity contribution >= 4 is 23.2 Å². The van der Waals surface area contributed by atoms with Gasteiger partial charge in [-0.1, -0.05) is 25.1 Å². The first kappa shape index (κ1) is 20.0. The Kier molecular flexibility index (Phi) is 5.24. The number of fused-ring (bicyclic) bond motifs is 1. The minimum absolute atomic E-state index is 0.108. The molecular weight excluding hydrogens is 378 g/mol. The van der Waals surface area contributed by atoms with Crippen molar-refractivity contribution in [3.8, 4) is 5.75 Å². The number of aliphatic imine (C=N–C) groups is 1. The van der Waals surface area contributed by atoms with Crippen molar-refractivity contribution in [3.63, 3.8) is 0 Å². The SMILES string of the molecule is CC1=C(C(=O)Nc2cccc(C)n2)[C@H](c2ccc(O)cc2)[C@H]2C(=O)C[C@H](C)CC2=N1. The van der Waals surface area contributed by atoms with Crippen molar-refractivity contribution in [3.05, 3.63) is 65.0 Å². The van der Waals surface area contributed by atoms with E-state index in [1.165, 1.54) is 0 Å². The summed E-state index contributed by atoms with van der Waals surface area (Å²) in [6.07, 6.45) is 1.22. The molecule has 1 fully saturated rings. The summed E-state index contributed by atoms with van der Waals surface area (Å²) < 4.78 is 0. The van der Waals surface area contributed by atoms with E-state index in [9.17, 15) is 14.7 Å². The standard InChI is InChI=1S/C24H25N3O3/c1-13-11-18-23(19(29)12-13)22(16-7-9-17(28)10-8-16)21(15(3)26-18)24(30)27-20-6-4-5-14(2)25-20/h4-10,13,22-23,28H,11-12H2,1-3H3,(H,25,27,30)/t13-,22+,23-/m1/s1. The summed E-state index contributed by atoms with van der Waals surface area (Å²) in [5.74, 6) is -0.253. The second-order valence-corrected chi connectivity index (χ2v) is 8.25. The number of phenols is 1. The van der Waals surface area contributed by atoms with Crippen LogP contribution < -0.4 is 5.32 Å². The zero-order chi connectivity index (χ0) is 21.4. The number of anilines is 1. The zero-order valence-corrected chi connectivity index (χ0v) is 17.3. The molecule has 0 unspecified atom stereocenters. The predicted molar refractivity (Wildman–Crippen MR) is 115 cm³/mol. The lowest BCUT2D eigenvalue weighted by Crippen LogP contribution is -2.41. The van der Waals surface area contributed by atoms with Crippen LogP contribution in [0, 0.1) is 18.8 Å². The number of aromatic nitrogens is 1. The molecule has 0 saturated heterocycles. The highest BCUT2D eigenvalue weighted by Crippen LogP contribution is 2.44. The summed E-state index contributed by atoms with van der Waals surface area (Å²) in [5, 5.41) is 12.6. The smallest absolute Gasteiger partial charge is 0.255 e. The summed E-state index contributed by atoms with van der Waals surface area (Å²) in [4.78, 5) is 35.5. The van der Waals surface area contributed by atoms with E-state index < -0.39 is 11.8 Å². The number of nitrogens with zero attached hydrogens (tertiary/aromatic N) is 2. The normalized spacial score (nSPS) is 23.6. The Labute approximate surface area is 175 Å². The Balaban J connectivity index is 1.79. The molecule has 0 bridgehead atoms. The van der Waals surface area contributed by atoms with Crippen molar-refractivity contribution in [1.29, 1.82) is 0 Å². The summed E-state index contributed by atoms with van der Waals surface area (Å²) in [6, 6.07) is 12.2. The molecule has 2 N–H and O–H groups in total. The second kappa shape index (κ2) is 7.86. The average molecular weight is 403 g/mol. The Morgan fingerprint density at radius 1 is 1.07 bits per heavy atom. The molecular formula is C24H25N3O3.